The molecule has 13 heavy (non-hydrogen) atoms. The molecule has 0 spiro atoms. The topological polar surface area (TPSA) is 66.4 Å². The van der Waals surface area contributed by atoms with Gasteiger partial charge < -0.3 is 10.4 Å². The summed E-state index contributed by atoms with van der Waals surface area (Å²) in [5.41, 5.74) is 0. The van der Waals surface area contributed by atoms with E-state index in [1.807, 2.05) is 0 Å². The van der Waals surface area contributed by atoms with Crippen LogP contribution >= 0.6 is 15.9 Å². The fourth-order valence-corrected chi connectivity index (χ4v) is 0.914. The largest absolute Gasteiger partial charge is 0.480 e. The van der Waals surface area contributed by atoms with Gasteiger partial charge in [-0.3, -0.25) is 4.79 Å². The van der Waals surface area contributed by atoms with Crippen molar-refractivity contribution in [3.8, 4) is 0 Å². The maximum atomic E-state index is 11.1. The van der Waals surface area contributed by atoms with E-state index in [2.05, 4.69) is 21.2 Å². The zero-order valence-electron chi connectivity index (χ0n) is 7.87. The highest BCUT2D eigenvalue weighted by molar-refractivity contribution is 9.10. The lowest BCUT2D eigenvalue weighted by Crippen LogP contribution is -2.46. The van der Waals surface area contributed by atoms with E-state index in [9.17, 15) is 9.59 Å². The molecule has 0 rings (SSSR count). The quantitative estimate of drug-likeness (QED) is 0.733. The van der Waals surface area contributed by atoms with Crippen LogP contribution in [0.25, 0.3) is 0 Å². The molecule has 0 aromatic rings. The van der Waals surface area contributed by atoms with Crippen molar-refractivity contribution in [2.75, 3.05) is 0 Å². The van der Waals surface area contributed by atoms with E-state index in [1.54, 1.807) is 20.8 Å². The molecule has 4 nitrogen and oxygen atoms in total. The molecule has 0 heterocycles. The van der Waals surface area contributed by atoms with Gasteiger partial charge in [-0.25, -0.2) is 4.79 Å². The van der Waals surface area contributed by atoms with Gasteiger partial charge in [0, 0.05) is 0 Å². The second-order valence-electron chi connectivity index (χ2n) is 3.18. The lowest BCUT2D eigenvalue weighted by molar-refractivity contribution is -0.142. The van der Waals surface area contributed by atoms with E-state index < -0.39 is 12.0 Å². The number of carboxylic acid groups (broad SMARTS) is 1. The van der Waals surface area contributed by atoms with Gasteiger partial charge in [0.05, 0.1) is 4.83 Å². The summed E-state index contributed by atoms with van der Waals surface area (Å²) in [5, 5.41) is 11.2. The van der Waals surface area contributed by atoms with Gasteiger partial charge in [-0.2, -0.15) is 0 Å². The number of carboxylic acids is 1. The Morgan fingerprint density at radius 2 is 1.77 bits per heavy atom. The van der Waals surface area contributed by atoms with Crippen LogP contribution in [-0.4, -0.2) is 27.9 Å². The number of hydrogen-bond donors (Lipinski definition) is 2. The summed E-state index contributed by atoms with van der Waals surface area (Å²) >= 11 is 3.06. The van der Waals surface area contributed by atoms with Crippen LogP contribution in [0.15, 0.2) is 0 Å². The van der Waals surface area contributed by atoms with Crippen molar-refractivity contribution in [2.24, 2.45) is 5.92 Å². The van der Waals surface area contributed by atoms with E-state index in [0.29, 0.717) is 0 Å². The number of aliphatic carboxylic acids is 1. The van der Waals surface area contributed by atoms with E-state index in [0.717, 1.165) is 0 Å². The number of rotatable bonds is 4. The predicted octanol–water partition coefficient (Wildman–Crippen LogP) is 0.995. The highest BCUT2D eigenvalue weighted by Gasteiger charge is 2.24. The first kappa shape index (κ1) is 12.4. The molecule has 2 N–H and O–H groups in total. The summed E-state index contributed by atoms with van der Waals surface area (Å²) in [5.74, 6) is -1.43. The molecular formula is C8H14BrNO3. The highest BCUT2D eigenvalue weighted by Crippen LogP contribution is 2.04. The summed E-state index contributed by atoms with van der Waals surface area (Å²) < 4.78 is 0. The van der Waals surface area contributed by atoms with E-state index >= 15 is 0 Å². The van der Waals surface area contributed by atoms with Crippen molar-refractivity contribution in [3.05, 3.63) is 0 Å². The molecule has 76 valence electrons. The number of halogens is 1. The van der Waals surface area contributed by atoms with Crippen LogP contribution in [0.4, 0.5) is 0 Å². The molecule has 0 aromatic carbocycles. The summed E-state index contributed by atoms with van der Waals surface area (Å²) in [4.78, 5) is 21.4. The van der Waals surface area contributed by atoms with Crippen LogP contribution in [0.5, 0.6) is 0 Å². The van der Waals surface area contributed by atoms with Gasteiger partial charge in [-0.15, -0.1) is 0 Å². The van der Waals surface area contributed by atoms with E-state index in [1.165, 1.54) is 0 Å². The van der Waals surface area contributed by atoms with Crippen LogP contribution in [0.2, 0.25) is 0 Å². The summed E-state index contributed by atoms with van der Waals surface area (Å²) in [6.07, 6.45) is 0. The van der Waals surface area contributed by atoms with Crippen LogP contribution in [0.1, 0.15) is 20.8 Å². The minimum Gasteiger partial charge on any atom is -0.480 e. The lowest BCUT2D eigenvalue weighted by atomic mass is 10.0. The third-order valence-electron chi connectivity index (χ3n) is 1.59. The van der Waals surface area contributed by atoms with Gasteiger partial charge in [0.1, 0.15) is 6.04 Å². The van der Waals surface area contributed by atoms with Crippen molar-refractivity contribution in [3.63, 3.8) is 0 Å². The Hall–Kier alpha value is -0.580. The molecule has 0 radical (unpaired) electrons. The zero-order valence-corrected chi connectivity index (χ0v) is 9.46. The third-order valence-corrected chi connectivity index (χ3v) is 2.01. The Balaban J connectivity index is 4.27. The fourth-order valence-electron chi connectivity index (χ4n) is 0.782. The molecule has 0 bridgehead atoms. The predicted molar refractivity (Wildman–Crippen MR) is 52.8 cm³/mol. The Kier molecular flexibility index (Phi) is 4.98. The van der Waals surface area contributed by atoms with Gasteiger partial charge in [-0.05, 0) is 12.8 Å². The maximum absolute atomic E-state index is 11.1. The van der Waals surface area contributed by atoms with Gasteiger partial charge >= 0.3 is 5.97 Å². The van der Waals surface area contributed by atoms with Crippen LogP contribution in [0.3, 0.4) is 0 Å². The van der Waals surface area contributed by atoms with Crippen molar-refractivity contribution < 1.29 is 14.7 Å². The van der Waals surface area contributed by atoms with Crippen molar-refractivity contribution in [1.82, 2.24) is 5.32 Å². The zero-order chi connectivity index (χ0) is 10.6. The molecule has 0 aliphatic carbocycles. The van der Waals surface area contributed by atoms with Gasteiger partial charge in [0.25, 0.3) is 0 Å². The van der Waals surface area contributed by atoms with Gasteiger partial charge in [0.15, 0.2) is 0 Å². The van der Waals surface area contributed by atoms with Crippen LogP contribution in [-0.2, 0) is 9.59 Å². The second-order valence-corrected chi connectivity index (χ2v) is 4.56. The lowest BCUT2D eigenvalue weighted by Gasteiger charge is -2.18. The molecular weight excluding hydrogens is 238 g/mol. The number of alkyl halides is 1. The first-order valence-corrected chi connectivity index (χ1v) is 4.95. The minimum absolute atomic E-state index is 0.118. The molecule has 5 heteroatoms. The van der Waals surface area contributed by atoms with E-state index in [4.69, 9.17) is 5.11 Å². The molecule has 1 unspecified atom stereocenters. The number of hydrogen-bond acceptors (Lipinski definition) is 2. The molecule has 2 atom stereocenters. The first-order valence-electron chi connectivity index (χ1n) is 4.03. The van der Waals surface area contributed by atoms with Crippen molar-refractivity contribution in [2.45, 2.75) is 31.6 Å². The van der Waals surface area contributed by atoms with Crippen LogP contribution < -0.4 is 5.32 Å². The number of carbonyl (C=O) groups excluding carboxylic acids is 1. The molecule has 0 saturated heterocycles. The Morgan fingerprint density at radius 3 is 2.00 bits per heavy atom. The number of nitrogens with one attached hydrogen (secondary N) is 1. The van der Waals surface area contributed by atoms with E-state index in [-0.39, 0.29) is 16.7 Å². The van der Waals surface area contributed by atoms with Gasteiger partial charge in [-0.1, -0.05) is 29.8 Å². The van der Waals surface area contributed by atoms with Gasteiger partial charge in [0.2, 0.25) is 5.91 Å². The SMILES string of the molecule is CC(Br)C(=O)N[C@H](C(=O)O)C(C)C. The molecule has 0 aromatic heterocycles. The number of amides is 1. The monoisotopic (exact) mass is 251 g/mol. The normalized spacial score (nSPS) is 15.2. The molecule has 1 amide bonds. The minimum atomic E-state index is -1.00. The Bertz CT molecular complexity index is 204. The standard InChI is InChI=1S/C8H14BrNO3/c1-4(2)6(8(12)13)10-7(11)5(3)9/h4-6H,1-3H3,(H,10,11)(H,12,13)/t5?,6-/m0/s1. The van der Waals surface area contributed by atoms with Crippen LogP contribution in [0, 0.1) is 5.92 Å². The van der Waals surface area contributed by atoms with Crippen molar-refractivity contribution in [1.29, 1.82) is 0 Å². The summed E-state index contributed by atoms with van der Waals surface area (Å²) in [7, 11) is 0. The summed E-state index contributed by atoms with van der Waals surface area (Å²) in [6.45, 7) is 5.14. The summed E-state index contributed by atoms with van der Waals surface area (Å²) in [6, 6.07) is -0.813. The Morgan fingerprint density at radius 1 is 1.31 bits per heavy atom. The maximum Gasteiger partial charge on any atom is 0.326 e. The molecule has 0 fully saturated rings. The second kappa shape index (κ2) is 5.21. The smallest absolute Gasteiger partial charge is 0.326 e. The highest BCUT2D eigenvalue weighted by atomic mass is 79.9. The first-order chi connectivity index (χ1) is 5.86. The average Bonchev–Trinajstić information content (AvgIpc) is 1.97. The third kappa shape index (κ3) is 4.26. The Labute approximate surface area is 85.8 Å². The molecule has 0 aliphatic heterocycles. The molecule has 0 saturated carbocycles. The fraction of sp³-hybridized carbons (Fsp3) is 0.750. The molecule has 0 aliphatic rings. The van der Waals surface area contributed by atoms with Crippen molar-refractivity contribution >= 4 is 27.8 Å². The average molecular weight is 252 g/mol. The number of carbonyl (C=O) groups is 2.